The van der Waals surface area contributed by atoms with Crippen molar-refractivity contribution in [3.63, 3.8) is 0 Å². The number of para-hydroxylation sites is 2. The molecule has 0 saturated carbocycles. The zero-order valence-electron chi connectivity index (χ0n) is 19.6. The zero-order chi connectivity index (χ0) is 25.4. The lowest BCUT2D eigenvalue weighted by Gasteiger charge is -2.35. The lowest BCUT2D eigenvalue weighted by atomic mass is 9.78. The summed E-state index contributed by atoms with van der Waals surface area (Å²) in [4.78, 5) is 39.8. The summed E-state index contributed by atoms with van der Waals surface area (Å²) in [7, 11) is 0. The van der Waals surface area contributed by atoms with Crippen LogP contribution in [0.2, 0.25) is 0 Å². The van der Waals surface area contributed by atoms with Crippen LogP contribution in [-0.4, -0.2) is 16.6 Å². The monoisotopic (exact) mass is 485 g/mol. The van der Waals surface area contributed by atoms with Crippen LogP contribution < -0.4 is 10.2 Å². The number of carbonyl (C=O) groups excluding carboxylic acids is 2. The average molecular weight is 486 g/mol. The van der Waals surface area contributed by atoms with Gasteiger partial charge in [-0.05, 0) is 47.7 Å². The molecule has 1 aliphatic heterocycles. The van der Waals surface area contributed by atoms with Gasteiger partial charge in [0.25, 0.3) is 5.69 Å². The van der Waals surface area contributed by atoms with E-state index in [-0.39, 0.29) is 42.0 Å². The second-order valence-corrected chi connectivity index (χ2v) is 8.99. The molecular weight excluding hydrogens is 461 g/mol. The zero-order valence-corrected chi connectivity index (χ0v) is 19.6. The van der Waals surface area contributed by atoms with Crippen LogP contribution in [-0.2, 0) is 9.59 Å². The lowest BCUT2D eigenvalue weighted by molar-refractivity contribution is -0.384. The molecule has 3 aromatic rings. The minimum Gasteiger partial charge on any atom is -0.357 e. The standard InChI is InChI=1S/C28H24FN3O4/c1-2-26(34)31-24-9-4-3-8-22(24)30-23-15-19(17-10-12-20(29)13-11-17)16-25(33)27(23)28(31)18-6-5-7-21(14-18)32(35)36/h3-14,19,28,30H,2,15-16H2,1H3/t19-,28-/m0/s1. The van der Waals surface area contributed by atoms with Crippen LogP contribution in [0.25, 0.3) is 0 Å². The van der Waals surface area contributed by atoms with Gasteiger partial charge in [-0.3, -0.25) is 24.6 Å². The number of carbonyl (C=O) groups is 2. The molecule has 0 unspecified atom stereocenters. The number of non-ortho nitro benzene ring substituents is 1. The molecule has 1 amide bonds. The number of halogens is 1. The molecule has 8 heteroatoms. The smallest absolute Gasteiger partial charge is 0.269 e. The molecule has 2 aliphatic rings. The number of fused-ring (bicyclic) bond motifs is 1. The largest absolute Gasteiger partial charge is 0.357 e. The van der Waals surface area contributed by atoms with Crippen LogP contribution in [0.15, 0.2) is 84.1 Å². The Kier molecular flexibility index (Phi) is 6.10. The number of nitrogens with zero attached hydrogens (tertiary/aromatic N) is 2. The van der Waals surface area contributed by atoms with E-state index in [1.807, 2.05) is 18.2 Å². The highest BCUT2D eigenvalue weighted by Crippen LogP contribution is 2.47. The third kappa shape index (κ3) is 4.15. The fraction of sp³-hybridized carbons (Fsp3) is 0.214. The fourth-order valence-corrected chi connectivity index (χ4v) is 5.13. The van der Waals surface area contributed by atoms with E-state index in [9.17, 15) is 24.1 Å². The number of allylic oxidation sites excluding steroid dienone is 1. The van der Waals surface area contributed by atoms with Crippen LogP contribution in [0.3, 0.4) is 0 Å². The van der Waals surface area contributed by atoms with Crippen LogP contribution >= 0.6 is 0 Å². The lowest BCUT2D eigenvalue weighted by Crippen LogP contribution is -2.38. The number of hydrogen-bond donors (Lipinski definition) is 1. The van der Waals surface area contributed by atoms with Crippen LogP contribution in [0, 0.1) is 15.9 Å². The van der Waals surface area contributed by atoms with Gasteiger partial charge in [0.2, 0.25) is 5.91 Å². The molecule has 3 aromatic carbocycles. The van der Waals surface area contributed by atoms with E-state index in [2.05, 4.69) is 5.32 Å². The Bertz CT molecular complexity index is 1400. The van der Waals surface area contributed by atoms with Gasteiger partial charge in [-0.1, -0.05) is 43.3 Å². The van der Waals surface area contributed by atoms with E-state index < -0.39 is 11.0 Å². The van der Waals surface area contributed by atoms with Crippen molar-refractivity contribution in [3.8, 4) is 0 Å². The number of nitro groups is 1. The molecule has 36 heavy (non-hydrogen) atoms. The van der Waals surface area contributed by atoms with Gasteiger partial charge in [0.05, 0.1) is 22.3 Å². The molecule has 0 radical (unpaired) electrons. The highest BCUT2D eigenvalue weighted by atomic mass is 19.1. The highest BCUT2D eigenvalue weighted by Gasteiger charge is 2.41. The molecule has 1 N–H and O–H groups in total. The Balaban J connectivity index is 1.72. The molecule has 1 aliphatic carbocycles. The Labute approximate surface area is 207 Å². The summed E-state index contributed by atoms with van der Waals surface area (Å²) < 4.78 is 13.5. The molecule has 182 valence electrons. The Hall–Kier alpha value is -4.33. The molecule has 0 spiro atoms. The molecule has 0 bridgehead atoms. The first kappa shape index (κ1) is 23.4. The number of benzene rings is 3. The maximum absolute atomic E-state index is 13.8. The minimum atomic E-state index is -0.829. The predicted octanol–water partition coefficient (Wildman–Crippen LogP) is 6.04. The third-order valence-electron chi connectivity index (χ3n) is 6.80. The number of rotatable bonds is 4. The second kappa shape index (κ2) is 9.37. The molecule has 0 fully saturated rings. The van der Waals surface area contributed by atoms with Crippen molar-refractivity contribution in [2.24, 2.45) is 0 Å². The first-order valence-corrected chi connectivity index (χ1v) is 11.8. The summed E-state index contributed by atoms with van der Waals surface area (Å²) in [5.41, 5.74) is 3.59. The van der Waals surface area contributed by atoms with E-state index in [4.69, 9.17) is 0 Å². The van der Waals surface area contributed by atoms with E-state index in [0.29, 0.717) is 34.6 Å². The van der Waals surface area contributed by atoms with Crippen LogP contribution in [0.1, 0.15) is 49.3 Å². The van der Waals surface area contributed by atoms with E-state index >= 15 is 0 Å². The Morgan fingerprint density at radius 1 is 1.06 bits per heavy atom. The summed E-state index contributed by atoms with van der Waals surface area (Å²) in [5, 5.41) is 15.0. The van der Waals surface area contributed by atoms with Crippen molar-refractivity contribution in [2.45, 2.75) is 38.1 Å². The summed E-state index contributed by atoms with van der Waals surface area (Å²) >= 11 is 0. The van der Waals surface area contributed by atoms with E-state index in [0.717, 1.165) is 5.56 Å². The Morgan fingerprint density at radius 3 is 2.53 bits per heavy atom. The number of nitro benzene ring substituents is 1. The van der Waals surface area contributed by atoms with Crippen molar-refractivity contribution < 1.29 is 18.9 Å². The second-order valence-electron chi connectivity index (χ2n) is 8.99. The van der Waals surface area contributed by atoms with Crippen molar-refractivity contribution in [2.75, 3.05) is 10.2 Å². The van der Waals surface area contributed by atoms with Gasteiger partial charge in [-0.15, -0.1) is 0 Å². The summed E-state index contributed by atoms with van der Waals surface area (Å²) in [6, 6.07) is 18.7. The molecule has 0 saturated heterocycles. The van der Waals surface area contributed by atoms with Crippen molar-refractivity contribution in [3.05, 3.63) is 111 Å². The van der Waals surface area contributed by atoms with Gasteiger partial charge >= 0.3 is 0 Å². The summed E-state index contributed by atoms with van der Waals surface area (Å²) in [6.45, 7) is 1.75. The van der Waals surface area contributed by atoms with Gasteiger partial charge in [0, 0.05) is 36.2 Å². The topological polar surface area (TPSA) is 92.6 Å². The Morgan fingerprint density at radius 2 is 1.81 bits per heavy atom. The van der Waals surface area contributed by atoms with Crippen molar-refractivity contribution in [1.82, 2.24) is 0 Å². The molecule has 1 heterocycles. The van der Waals surface area contributed by atoms with Gasteiger partial charge < -0.3 is 5.32 Å². The minimum absolute atomic E-state index is 0.114. The quantitative estimate of drug-likeness (QED) is 0.359. The van der Waals surface area contributed by atoms with Gasteiger partial charge in [-0.25, -0.2) is 4.39 Å². The molecule has 0 aromatic heterocycles. The number of nitrogens with one attached hydrogen (secondary N) is 1. The summed E-state index contributed by atoms with van der Waals surface area (Å²) in [5.74, 6) is -0.878. The first-order chi connectivity index (χ1) is 17.4. The van der Waals surface area contributed by atoms with Crippen LogP contribution in [0.5, 0.6) is 0 Å². The number of Topliss-reactive ketones (excluding diaryl/α,β-unsaturated/α-hetero) is 1. The molecule has 7 nitrogen and oxygen atoms in total. The number of hydrogen-bond acceptors (Lipinski definition) is 5. The maximum Gasteiger partial charge on any atom is 0.269 e. The van der Waals surface area contributed by atoms with E-state index in [1.165, 1.54) is 24.3 Å². The van der Waals surface area contributed by atoms with Gasteiger partial charge in [-0.2, -0.15) is 0 Å². The predicted molar refractivity (Wildman–Crippen MR) is 134 cm³/mol. The number of anilines is 2. The number of amides is 1. The first-order valence-electron chi connectivity index (χ1n) is 11.8. The normalized spacial score (nSPS) is 19.2. The highest BCUT2D eigenvalue weighted by molar-refractivity contribution is 6.06. The van der Waals surface area contributed by atoms with Crippen molar-refractivity contribution >= 4 is 28.8 Å². The molecule has 5 rings (SSSR count). The molecule has 2 atom stereocenters. The van der Waals surface area contributed by atoms with E-state index in [1.54, 1.807) is 42.2 Å². The SMILES string of the molecule is CCC(=O)N1c2ccccc2NC2=C(C(=O)C[C@@H](c3ccc(F)cc3)C2)[C@@H]1c1cccc([N+](=O)[O-])c1. The van der Waals surface area contributed by atoms with Crippen molar-refractivity contribution in [1.29, 1.82) is 0 Å². The number of ketones is 1. The third-order valence-corrected chi connectivity index (χ3v) is 6.80. The maximum atomic E-state index is 13.8. The summed E-state index contributed by atoms with van der Waals surface area (Å²) in [6.07, 6.45) is 0.845. The fourth-order valence-electron chi connectivity index (χ4n) is 5.13. The van der Waals surface area contributed by atoms with Crippen LogP contribution in [0.4, 0.5) is 21.5 Å². The molecular formula is C28H24FN3O4. The average Bonchev–Trinajstić information content (AvgIpc) is 3.03. The van der Waals surface area contributed by atoms with Gasteiger partial charge in [0.15, 0.2) is 5.78 Å². The van der Waals surface area contributed by atoms with Gasteiger partial charge in [0.1, 0.15) is 5.82 Å².